The number of hydrogen-bond acceptors (Lipinski definition) is 6. The molecule has 1 aromatic rings. The number of benzene rings is 1. The lowest BCUT2D eigenvalue weighted by molar-refractivity contribution is -0.154. The Hall–Kier alpha value is -2.42. The van der Waals surface area contributed by atoms with E-state index in [0.29, 0.717) is 42.7 Å². The van der Waals surface area contributed by atoms with Gasteiger partial charge in [-0.05, 0) is 67.4 Å². The molecule has 0 radical (unpaired) electrons. The highest BCUT2D eigenvalue weighted by Gasteiger charge is 2.56. The van der Waals surface area contributed by atoms with E-state index in [9.17, 15) is 19.8 Å². The van der Waals surface area contributed by atoms with Crippen molar-refractivity contribution in [2.24, 2.45) is 23.2 Å². The van der Waals surface area contributed by atoms with Crippen molar-refractivity contribution in [1.29, 1.82) is 0 Å². The van der Waals surface area contributed by atoms with Crippen LogP contribution >= 0.6 is 0 Å². The standard InChI is InChI=1S/C30H40N2O6/c1-30(2)18-10-9-17(21(30)14-18)16-32(29(36)24-8-5-13-37-24)22-15-20(28(35)31-11-12-33)25-19-6-3-4-7-23(19)38-27(25)26(22)34/h3-4,6-7,15,17-18,21-22,24-27,33-34H,5,8-14,16H2,1-2H3,(H,31,35). The molecule has 8 nitrogen and oxygen atoms in total. The van der Waals surface area contributed by atoms with Crippen LogP contribution in [0.4, 0.5) is 0 Å². The molecule has 2 bridgehead atoms. The number of fused-ring (bicyclic) bond motifs is 5. The summed E-state index contributed by atoms with van der Waals surface area (Å²) in [5.41, 5.74) is 1.59. The number of carbonyl (C=O) groups is 2. The highest BCUT2D eigenvalue weighted by molar-refractivity contribution is 5.96. The molecule has 4 fully saturated rings. The molecule has 4 aliphatic carbocycles. The predicted molar refractivity (Wildman–Crippen MR) is 140 cm³/mol. The molecule has 2 aliphatic heterocycles. The fourth-order valence-electron chi connectivity index (χ4n) is 7.94. The summed E-state index contributed by atoms with van der Waals surface area (Å²) in [5, 5.41) is 23.9. The third-order valence-electron chi connectivity index (χ3n) is 10.2. The summed E-state index contributed by atoms with van der Waals surface area (Å²) in [5.74, 6) is 1.41. The largest absolute Gasteiger partial charge is 0.486 e. The molecule has 206 valence electrons. The van der Waals surface area contributed by atoms with Crippen LogP contribution in [0.25, 0.3) is 0 Å². The third-order valence-corrected chi connectivity index (χ3v) is 10.2. The van der Waals surface area contributed by atoms with Crippen molar-refractivity contribution in [3.8, 4) is 5.75 Å². The van der Waals surface area contributed by atoms with Crippen LogP contribution in [0.2, 0.25) is 0 Å². The molecule has 8 unspecified atom stereocenters. The van der Waals surface area contributed by atoms with Gasteiger partial charge in [-0.25, -0.2) is 0 Å². The van der Waals surface area contributed by atoms with Crippen LogP contribution in [0.1, 0.15) is 57.4 Å². The second-order valence-electron chi connectivity index (χ2n) is 12.4. The number of nitrogens with zero attached hydrogens (tertiary/aromatic N) is 1. The molecule has 3 saturated carbocycles. The van der Waals surface area contributed by atoms with Crippen molar-refractivity contribution in [1.82, 2.24) is 10.2 Å². The van der Waals surface area contributed by atoms with Gasteiger partial charge in [0.2, 0.25) is 5.91 Å². The van der Waals surface area contributed by atoms with Crippen molar-refractivity contribution in [3.63, 3.8) is 0 Å². The van der Waals surface area contributed by atoms with Crippen molar-refractivity contribution < 1.29 is 29.3 Å². The maximum atomic E-state index is 14.0. The molecular weight excluding hydrogens is 484 g/mol. The van der Waals surface area contributed by atoms with E-state index in [-0.39, 0.29) is 30.4 Å². The van der Waals surface area contributed by atoms with Gasteiger partial charge in [0.1, 0.15) is 24.1 Å². The van der Waals surface area contributed by atoms with E-state index < -0.39 is 30.3 Å². The third kappa shape index (κ3) is 4.16. The quantitative estimate of drug-likeness (QED) is 0.506. The van der Waals surface area contributed by atoms with Gasteiger partial charge in [0.05, 0.1) is 18.6 Å². The monoisotopic (exact) mass is 524 g/mol. The summed E-state index contributed by atoms with van der Waals surface area (Å²) >= 11 is 0. The molecule has 6 aliphatic rings. The first kappa shape index (κ1) is 25.8. The zero-order valence-electron chi connectivity index (χ0n) is 22.3. The average Bonchev–Trinajstić information content (AvgIpc) is 3.59. The van der Waals surface area contributed by atoms with E-state index >= 15 is 0 Å². The van der Waals surface area contributed by atoms with Crippen LogP contribution in [0.5, 0.6) is 5.75 Å². The fourth-order valence-corrected chi connectivity index (χ4v) is 7.94. The minimum absolute atomic E-state index is 0.105. The summed E-state index contributed by atoms with van der Waals surface area (Å²) in [6.07, 6.45) is 4.51. The lowest BCUT2D eigenvalue weighted by atomic mass is 9.45. The highest BCUT2D eigenvalue weighted by Crippen LogP contribution is 2.61. The maximum absolute atomic E-state index is 14.0. The van der Waals surface area contributed by atoms with Gasteiger partial charge in [-0.1, -0.05) is 32.0 Å². The molecule has 2 amide bonds. The van der Waals surface area contributed by atoms with Gasteiger partial charge >= 0.3 is 0 Å². The Balaban J connectivity index is 1.37. The summed E-state index contributed by atoms with van der Waals surface area (Å²) < 4.78 is 12.1. The lowest BCUT2D eigenvalue weighted by Crippen LogP contribution is -2.61. The van der Waals surface area contributed by atoms with Crippen LogP contribution in [0, 0.1) is 23.2 Å². The van der Waals surface area contributed by atoms with E-state index in [0.717, 1.165) is 30.7 Å². The van der Waals surface area contributed by atoms with E-state index in [1.807, 2.05) is 29.2 Å². The summed E-state index contributed by atoms with van der Waals surface area (Å²) in [6.45, 7) is 5.74. The number of aliphatic hydroxyl groups is 2. The Morgan fingerprint density at radius 3 is 2.71 bits per heavy atom. The molecule has 0 spiro atoms. The molecule has 3 N–H and O–H groups in total. The van der Waals surface area contributed by atoms with Crippen LogP contribution in [0.3, 0.4) is 0 Å². The van der Waals surface area contributed by atoms with Crippen LogP contribution in [-0.2, 0) is 14.3 Å². The second kappa shape index (κ2) is 9.96. The van der Waals surface area contributed by atoms with Crippen LogP contribution in [-0.4, -0.2) is 77.6 Å². The first-order valence-corrected chi connectivity index (χ1v) is 14.3. The molecule has 7 rings (SSSR count). The minimum Gasteiger partial charge on any atom is -0.486 e. The number of carbonyl (C=O) groups excluding carboxylic acids is 2. The second-order valence-corrected chi connectivity index (χ2v) is 12.4. The van der Waals surface area contributed by atoms with Gasteiger partial charge in [-0.2, -0.15) is 0 Å². The Morgan fingerprint density at radius 1 is 1.18 bits per heavy atom. The van der Waals surface area contributed by atoms with Crippen molar-refractivity contribution >= 4 is 11.8 Å². The van der Waals surface area contributed by atoms with Gasteiger partial charge in [0.25, 0.3) is 5.91 Å². The number of ether oxygens (including phenoxy) is 2. The Kier molecular flexibility index (Phi) is 6.77. The number of amides is 2. The smallest absolute Gasteiger partial charge is 0.252 e. The van der Waals surface area contributed by atoms with Crippen molar-refractivity contribution in [2.75, 3.05) is 26.3 Å². The average molecular weight is 525 g/mol. The van der Waals surface area contributed by atoms with Gasteiger partial charge < -0.3 is 29.9 Å². The van der Waals surface area contributed by atoms with Gasteiger partial charge in [-0.3, -0.25) is 9.59 Å². The highest BCUT2D eigenvalue weighted by atomic mass is 16.5. The van der Waals surface area contributed by atoms with Crippen molar-refractivity contribution in [3.05, 3.63) is 41.5 Å². The Morgan fingerprint density at radius 2 is 2.00 bits per heavy atom. The van der Waals surface area contributed by atoms with E-state index in [1.165, 1.54) is 6.42 Å². The number of aliphatic hydroxyl groups excluding tert-OH is 2. The summed E-state index contributed by atoms with van der Waals surface area (Å²) in [7, 11) is 0. The normalized spacial score (nSPS) is 36.3. The predicted octanol–water partition coefficient (Wildman–Crippen LogP) is 2.39. The van der Waals surface area contributed by atoms with Gasteiger partial charge in [0.15, 0.2) is 0 Å². The lowest BCUT2D eigenvalue weighted by Gasteiger charge is -2.61. The molecule has 1 aromatic carbocycles. The van der Waals surface area contributed by atoms with Crippen LogP contribution < -0.4 is 10.1 Å². The summed E-state index contributed by atoms with van der Waals surface area (Å²) in [4.78, 5) is 29.2. The number of rotatable bonds is 7. The summed E-state index contributed by atoms with van der Waals surface area (Å²) in [6, 6.07) is 6.84. The molecule has 38 heavy (non-hydrogen) atoms. The molecule has 2 heterocycles. The van der Waals surface area contributed by atoms with Crippen molar-refractivity contribution in [2.45, 2.75) is 76.2 Å². The number of para-hydroxylation sites is 1. The van der Waals surface area contributed by atoms with Gasteiger partial charge in [0, 0.05) is 30.8 Å². The number of nitrogens with one attached hydrogen (secondary N) is 1. The molecule has 0 aromatic heterocycles. The van der Waals surface area contributed by atoms with E-state index in [4.69, 9.17) is 9.47 Å². The Labute approximate surface area is 224 Å². The number of hydrogen-bond donors (Lipinski definition) is 3. The van der Waals surface area contributed by atoms with E-state index in [1.54, 1.807) is 6.08 Å². The SMILES string of the molecule is CC1(C)C2CCC(CN(C(=O)C3CCCO3)C3C=C(C(=O)NCCO)C4c5ccccc5OC4C3O)C1C2. The topological polar surface area (TPSA) is 108 Å². The molecule has 1 saturated heterocycles. The molecular formula is C30H40N2O6. The maximum Gasteiger partial charge on any atom is 0.252 e. The first-order chi connectivity index (χ1) is 18.3. The van der Waals surface area contributed by atoms with E-state index in [2.05, 4.69) is 19.2 Å². The van der Waals surface area contributed by atoms with Gasteiger partial charge in [-0.15, -0.1) is 0 Å². The molecule has 8 heteroatoms. The Bertz CT molecular complexity index is 1110. The fraction of sp³-hybridized carbons (Fsp3) is 0.667. The zero-order chi connectivity index (χ0) is 26.6. The zero-order valence-corrected chi connectivity index (χ0v) is 22.3. The first-order valence-electron chi connectivity index (χ1n) is 14.3. The molecule has 8 atom stereocenters. The minimum atomic E-state index is -1.00. The van der Waals surface area contributed by atoms with Crippen LogP contribution in [0.15, 0.2) is 35.9 Å².